The first-order valence-electron chi connectivity index (χ1n) is 7.90. The second-order valence-electron chi connectivity index (χ2n) is 7.28. The Morgan fingerprint density at radius 1 is 1.26 bits per heavy atom. The zero-order valence-corrected chi connectivity index (χ0v) is 12.6. The summed E-state index contributed by atoms with van der Waals surface area (Å²) < 4.78 is 0. The first-order valence-corrected chi connectivity index (χ1v) is 8.78. The lowest BCUT2D eigenvalue weighted by molar-refractivity contribution is -0.00700. The van der Waals surface area contributed by atoms with E-state index in [1.54, 1.807) is 11.3 Å². The monoisotopic (exact) mass is 276 g/mol. The van der Waals surface area contributed by atoms with Crippen molar-refractivity contribution in [3.63, 3.8) is 0 Å². The SMILES string of the molecule is CCC(N)c1nc(C23CC4CC(CC(C4)C2)C3)cs1. The Kier molecular flexibility index (Phi) is 2.79. The van der Waals surface area contributed by atoms with E-state index in [9.17, 15) is 0 Å². The molecule has 0 amide bonds. The Morgan fingerprint density at radius 3 is 2.37 bits per heavy atom. The molecule has 1 unspecified atom stereocenters. The number of nitrogens with two attached hydrogens (primary N) is 1. The normalized spacial score (nSPS) is 41.7. The van der Waals surface area contributed by atoms with E-state index in [1.165, 1.54) is 44.2 Å². The van der Waals surface area contributed by atoms with Gasteiger partial charge in [-0.1, -0.05) is 6.92 Å². The van der Waals surface area contributed by atoms with E-state index < -0.39 is 0 Å². The minimum Gasteiger partial charge on any atom is -0.322 e. The highest BCUT2D eigenvalue weighted by Gasteiger charge is 2.52. The number of thiazole rings is 1. The Labute approximate surface area is 119 Å². The maximum absolute atomic E-state index is 6.15. The van der Waals surface area contributed by atoms with E-state index in [4.69, 9.17) is 10.7 Å². The summed E-state index contributed by atoms with van der Waals surface area (Å²) in [4.78, 5) is 4.96. The van der Waals surface area contributed by atoms with E-state index in [0.717, 1.165) is 29.2 Å². The third kappa shape index (κ3) is 1.89. The Balaban J connectivity index is 1.66. The predicted octanol–water partition coefficient (Wildman–Crippen LogP) is 4.02. The second-order valence-corrected chi connectivity index (χ2v) is 8.17. The van der Waals surface area contributed by atoms with Crippen molar-refractivity contribution in [2.24, 2.45) is 23.5 Å². The van der Waals surface area contributed by atoms with E-state index in [1.807, 2.05) is 0 Å². The van der Waals surface area contributed by atoms with Gasteiger partial charge in [0.15, 0.2) is 0 Å². The van der Waals surface area contributed by atoms with Gasteiger partial charge >= 0.3 is 0 Å². The topological polar surface area (TPSA) is 38.9 Å². The zero-order chi connectivity index (χ0) is 13.0. The molecule has 0 spiro atoms. The van der Waals surface area contributed by atoms with Crippen molar-refractivity contribution < 1.29 is 0 Å². The van der Waals surface area contributed by atoms with Gasteiger partial charge in [0.05, 0.1) is 11.7 Å². The van der Waals surface area contributed by atoms with Gasteiger partial charge in [-0.25, -0.2) is 4.98 Å². The molecule has 4 fully saturated rings. The molecule has 104 valence electrons. The summed E-state index contributed by atoms with van der Waals surface area (Å²) in [6, 6.07) is 0.146. The molecule has 1 aromatic rings. The molecule has 0 aliphatic heterocycles. The minimum absolute atomic E-state index is 0.146. The number of aromatic nitrogens is 1. The molecule has 19 heavy (non-hydrogen) atoms. The van der Waals surface area contributed by atoms with Crippen LogP contribution >= 0.6 is 11.3 Å². The summed E-state index contributed by atoms with van der Waals surface area (Å²) in [7, 11) is 0. The van der Waals surface area contributed by atoms with Gasteiger partial charge < -0.3 is 5.73 Å². The van der Waals surface area contributed by atoms with Gasteiger partial charge in [0.2, 0.25) is 0 Å². The molecule has 4 aliphatic carbocycles. The molecular formula is C16H24N2S. The van der Waals surface area contributed by atoms with E-state index >= 15 is 0 Å². The zero-order valence-electron chi connectivity index (χ0n) is 11.8. The highest BCUT2D eigenvalue weighted by atomic mass is 32.1. The van der Waals surface area contributed by atoms with Gasteiger partial charge in [0, 0.05) is 10.8 Å². The van der Waals surface area contributed by atoms with Crippen molar-refractivity contribution in [3.05, 3.63) is 16.1 Å². The number of hydrogen-bond acceptors (Lipinski definition) is 3. The van der Waals surface area contributed by atoms with Gasteiger partial charge in [-0.3, -0.25) is 0 Å². The van der Waals surface area contributed by atoms with Crippen molar-refractivity contribution in [3.8, 4) is 0 Å². The van der Waals surface area contributed by atoms with E-state index in [-0.39, 0.29) is 6.04 Å². The molecule has 0 saturated heterocycles. The van der Waals surface area contributed by atoms with Crippen LogP contribution in [0.1, 0.15) is 68.6 Å². The highest BCUT2D eigenvalue weighted by Crippen LogP contribution is 2.60. The molecular weight excluding hydrogens is 252 g/mol. The van der Waals surface area contributed by atoms with Crippen LogP contribution in [0.15, 0.2) is 5.38 Å². The molecule has 1 atom stereocenters. The van der Waals surface area contributed by atoms with Crippen LogP contribution in [-0.2, 0) is 5.41 Å². The molecule has 4 aliphatic rings. The summed E-state index contributed by atoms with van der Waals surface area (Å²) in [5, 5.41) is 3.49. The predicted molar refractivity (Wildman–Crippen MR) is 79.2 cm³/mol. The van der Waals surface area contributed by atoms with Crippen molar-refractivity contribution >= 4 is 11.3 Å². The summed E-state index contributed by atoms with van der Waals surface area (Å²) in [5.41, 5.74) is 7.99. The average molecular weight is 276 g/mol. The van der Waals surface area contributed by atoms with Crippen LogP contribution in [-0.4, -0.2) is 4.98 Å². The number of rotatable bonds is 3. The van der Waals surface area contributed by atoms with Crippen LogP contribution in [0.25, 0.3) is 0 Å². The Bertz CT molecular complexity index is 444. The summed E-state index contributed by atoms with van der Waals surface area (Å²) in [6.45, 7) is 2.15. The molecule has 1 aromatic heterocycles. The third-order valence-electron chi connectivity index (χ3n) is 5.86. The van der Waals surface area contributed by atoms with Gasteiger partial charge in [-0.15, -0.1) is 11.3 Å². The molecule has 4 saturated carbocycles. The smallest absolute Gasteiger partial charge is 0.110 e. The standard InChI is InChI=1S/C16H24N2S/c1-2-13(17)15-18-14(9-19-15)16-6-10-3-11(7-16)5-12(4-10)8-16/h9-13H,2-8,17H2,1H3. The summed E-state index contributed by atoms with van der Waals surface area (Å²) in [5.74, 6) is 2.99. The first kappa shape index (κ1) is 12.3. The maximum atomic E-state index is 6.15. The average Bonchev–Trinajstić information content (AvgIpc) is 2.86. The minimum atomic E-state index is 0.146. The van der Waals surface area contributed by atoms with Crippen LogP contribution in [0.5, 0.6) is 0 Å². The van der Waals surface area contributed by atoms with Crippen LogP contribution in [0, 0.1) is 17.8 Å². The van der Waals surface area contributed by atoms with E-state index in [2.05, 4.69) is 12.3 Å². The quantitative estimate of drug-likeness (QED) is 0.905. The van der Waals surface area contributed by atoms with Crippen LogP contribution in [0.2, 0.25) is 0 Å². The maximum Gasteiger partial charge on any atom is 0.110 e. The summed E-state index contributed by atoms with van der Waals surface area (Å²) >= 11 is 1.80. The molecule has 2 nitrogen and oxygen atoms in total. The Morgan fingerprint density at radius 2 is 1.84 bits per heavy atom. The number of nitrogens with zero attached hydrogens (tertiary/aromatic N) is 1. The van der Waals surface area contributed by atoms with Gasteiger partial charge in [-0.05, 0) is 62.7 Å². The van der Waals surface area contributed by atoms with Crippen LogP contribution < -0.4 is 5.73 Å². The van der Waals surface area contributed by atoms with Crippen molar-refractivity contribution in [2.45, 2.75) is 63.3 Å². The van der Waals surface area contributed by atoms with Crippen LogP contribution in [0.3, 0.4) is 0 Å². The van der Waals surface area contributed by atoms with Crippen molar-refractivity contribution in [2.75, 3.05) is 0 Å². The molecule has 5 rings (SSSR count). The van der Waals surface area contributed by atoms with Gasteiger partial charge in [0.25, 0.3) is 0 Å². The third-order valence-corrected chi connectivity index (χ3v) is 6.84. The van der Waals surface area contributed by atoms with Crippen molar-refractivity contribution in [1.29, 1.82) is 0 Å². The van der Waals surface area contributed by atoms with Gasteiger partial charge in [-0.2, -0.15) is 0 Å². The van der Waals surface area contributed by atoms with E-state index in [0.29, 0.717) is 5.41 Å². The number of hydrogen-bond donors (Lipinski definition) is 1. The molecule has 2 N–H and O–H groups in total. The fourth-order valence-electron chi connectivity index (χ4n) is 5.30. The molecule has 4 bridgehead atoms. The first-order chi connectivity index (χ1) is 9.18. The Hall–Kier alpha value is -0.410. The van der Waals surface area contributed by atoms with Gasteiger partial charge in [0.1, 0.15) is 5.01 Å². The lowest BCUT2D eigenvalue weighted by Crippen LogP contribution is -2.48. The fourth-order valence-corrected chi connectivity index (χ4v) is 6.33. The largest absolute Gasteiger partial charge is 0.322 e. The van der Waals surface area contributed by atoms with Crippen molar-refractivity contribution in [1.82, 2.24) is 4.98 Å². The molecule has 0 radical (unpaired) electrons. The molecule has 3 heteroatoms. The summed E-state index contributed by atoms with van der Waals surface area (Å²) in [6.07, 6.45) is 9.73. The van der Waals surface area contributed by atoms with Crippen LogP contribution in [0.4, 0.5) is 0 Å². The highest BCUT2D eigenvalue weighted by molar-refractivity contribution is 7.09. The second kappa shape index (κ2) is 4.29. The molecule has 0 aromatic carbocycles. The fraction of sp³-hybridized carbons (Fsp3) is 0.812. The molecule has 1 heterocycles. The lowest BCUT2D eigenvalue weighted by Gasteiger charge is -2.56. The lowest BCUT2D eigenvalue weighted by atomic mass is 9.49.